The minimum atomic E-state index is -0.673. The van der Waals surface area contributed by atoms with Crippen molar-refractivity contribution in [3.05, 3.63) is 45.9 Å². The molecule has 0 aliphatic carbocycles. The number of nitrogens with zero attached hydrogens (tertiary/aromatic N) is 2. The molecule has 0 saturated heterocycles. The number of methoxy groups -OCH3 is 1. The molecule has 1 aromatic heterocycles. The van der Waals surface area contributed by atoms with E-state index in [2.05, 4.69) is 9.72 Å². The summed E-state index contributed by atoms with van der Waals surface area (Å²) in [7, 11) is 1.23. The van der Waals surface area contributed by atoms with E-state index >= 15 is 0 Å². The molecule has 0 N–H and O–H groups in total. The Bertz CT molecular complexity index is 699. The summed E-state index contributed by atoms with van der Waals surface area (Å²) < 4.78 is 4.51. The average molecular weight is 305 g/mol. The maximum Gasteiger partial charge on any atom is 0.348 e. The molecule has 0 atom stereocenters. The van der Waals surface area contributed by atoms with E-state index in [1.165, 1.54) is 24.5 Å². The summed E-state index contributed by atoms with van der Waals surface area (Å²) in [5, 5.41) is 12.1. The number of ether oxygens (including phenoxy) is 1. The lowest BCUT2D eigenvalue weighted by Gasteiger charge is -1.96. The molecule has 1 aromatic carbocycles. The van der Waals surface area contributed by atoms with Gasteiger partial charge in [0.25, 0.3) is 0 Å². The Kier molecular flexibility index (Phi) is 4.51. The third-order valence-electron chi connectivity index (χ3n) is 2.43. The van der Waals surface area contributed by atoms with E-state index in [9.17, 15) is 4.79 Å². The van der Waals surface area contributed by atoms with Gasteiger partial charge < -0.3 is 4.74 Å². The molecule has 0 radical (unpaired) electrons. The summed E-state index contributed by atoms with van der Waals surface area (Å²) in [6.45, 7) is 0. The molecule has 2 rings (SSSR count). The molecule has 4 nitrogen and oxygen atoms in total. The number of thiazole rings is 1. The van der Waals surface area contributed by atoms with Gasteiger partial charge in [-0.1, -0.05) is 23.7 Å². The minimum Gasteiger partial charge on any atom is -0.465 e. The molecule has 2 aromatic rings. The second-order valence-electron chi connectivity index (χ2n) is 3.75. The van der Waals surface area contributed by atoms with E-state index in [0.29, 0.717) is 10.7 Å². The highest BCUT2D eigenvalue weighted by atomic mass is 35.5. The van der Waals surface area contributed by atoms with Crippen LogP contribution < -0.4 is 0 Å². The number of hydrogen-bond acceptors (Lipinski definition) is 5. The molecule has 6 heteroatoms. The largest absolute Gasteiger partial charge is 0.465 e. The van der Waals surface area contributed by atoms with Gasteiger partial charge >= 0.3 is 5.97 Å². The van der Waals surface area contributed by atoms with Crippen LogP contribution >= 0.6 is 22.9 Å². The standard InChI is InChI=1S/C14H9ClN2O2S/c1-19-14(18)10(7-16)6-12-8-20-13(17-12)9-2-4-11(15)5-3-9/h2-6,8H,1H3/b10-6+. The first kappa shape index (κ1) is 14.3. The third kappa shape index (κ3) is 3.23. The maximum absolute atomic E-state index is 11.3. The second kappa shape index (κ2) is 6.33. The first-order valence-corrected chi connectivity index (χ1v) is 6.81. The fraction of sp³-hybridized carbons (Fsp3) is 0.0714. The highest BCUT2D eigenvalue weighted by Crippen LogP contribution is 2.25. The van der Waals surface area contributed by atoms with Crippen LogP contribution in [0.15, 0.2) is 35.2 Å². The van der Waals surface area contributed by atoms with Crippen LogP contribution in [0.3, 0.4) is 0 Å². The van der Waals surface area contributed by atoms with Crippen molar-refractivity contribution in [2.24, 2.45) is 0 Å². The van der Waals surface area contributed by atoms with E-state index in [1.54, 1.807) is 23.6 Å². The molecule has 0 aliphatic rings. The molecule has 0 unspecified atom stereocenters. The van der Waals surface area contributed by atoms with E-state index in [1.807, 2.05) is 12.1 Å². The Labute approximate surface area is 124 Å². The van der Waals surface area contributed by atoms with Crippen molar-refractivity contribution in [2.75, 3.05) is 7.11 Å². The lowest BCUT2D eigenvalue weighted by atomic mass is 10.2. The summed E-state index contributed by atoms with van der Waals surface area (Å²) in [6.07, 6.45) is 1.40. The zero-order valence-corrected chi connectivity index (χ0v) is 12.0. The van der Waals surface area contributed by atoms with Crippen molar-refractivity contribution in [3.63, 3.8) is 0 Å². The van der Waals surface area contributed by atoms with Crippen molar-refractivity contribution in [2.45, 2.75) is 0 Å². The van der Waals surface area contributed by atoms with Gasteiger partial charge in [-0.3, -0.25) is 0 Å². The average Bonchev–Trinajstić information content (AvgIpc) is 2.93. The van der Waals surface area contributed by atoms with E-state index in [-0.39, 0.29) is 5.57 Å². The van der Waals surface area contributed by atoms with Gasteiger partial charge in [0.2, 0.25) is 0 Å². The zero-order chi connectivity index (χ0) is 14.5. The number of rotatable bonds is 3. The quantitative estimate of drug-likeness (QED) is 0.494. The molecule has 0 fully saturated rings. The van der Waals surface area contributed by atoms with Crippen molar-refractivity contribution in [3.8, 4) is 16.6 Å². The molecule has 100 valence electrons. The Hall–Kier alpha value is -2.16. The van der Waals surface area contributed by atoms with Gasteiger partial charge in [-0.25, -0.2) is 9.78 Å². The summed E-state index contributed by atoms with van der Waals surface area (Å²) in [6, 6.07) is 9.08. The molecular formula is C14H9ClN2O2S. The first-order chi connectivity index (χ1) is 9.63. The van der Waals surface area contributed by atoms with Gasteiger partial charge in [0, 0.05) is 16.0 Å². The molecule has 0 spiro atoms. The fourth-order valence-corrected chi connectivity index (χ4v) is 2.38. The summed E-state index contributed by atoms with van der Waals surface area (Å²) >= 11 is 7.25. The Morgan fingerprint density at radius 3 is 2.75 bits per heavy atom. The van der Waals surface area contributed by atoms with Gasteiger partial charge in [-0.2, -0.15) is 5.26 Å². The topological polar surface area (TPSA) is 63.0 Å². The van der Waals surface area contributed by atoms with Crippen LogP contribution in [-0.4, -0.2) is 18.1 Å². The van der Waals surface area contributed by atoms with E-state index in [0.717, 1.165) is 10.6 Å². The monoisotopic (exact) mass is 304 g/mol. The zero-order valence-electron chi connectivity index (χ0n) is 10.5. The van der Waals surface area contributed by atoms with Crippen LogP contribution in [0.25, 0.3) is 16.6 Å². The highest BCUT2D eigenvalue weighted by Gasteiger charge is 2.10. The summed E-state index contributed by atoms with van der Waals surface area (Å²) in [5.74, 6) is -0.673. The number of nitriles is 1. The smallest absolute Gasteiger partial charge is 0.348 e. The maximum atomic E-state index is 11.3. The van der Waals surface area contributed by atoms with Crippen LogP contribution in [0, 0.1) is 11.3 Å². The summed E-state index contributed by atoms with van der Waals surface area (Å²) in [5.41, 5.74) is 1.39. The van der Waals surface area contributed by atoms with Gasteiger partial charge in [-0.05, 0) is 18.2 Å². The van der Waals surface area contributed by atoms with Crippen LogP contribution in [0.2, 0.25) is 5.02 Å². The SMILES string of the molecule is COC(=O)/C(C#N)=C/c1csc(-c2ccc(Cl)cc2)n1. The fourth-order valence-electron chi connectivity index (χ4n) is 1.47. The number of hydrogen-bond donors (Lipinski definition) is 0. The van der Waals surface area contributed by atoms with Gasteiger partial charge in [-0.15, -0.1) is 11.3 Å². The second-order valence-corrected chi connectivity index (χ2v) is 5.04. The van der Waals surface area contributed by atoms with Crippen LogP contribution in [0.5, 0.6) is 0 Å². The molecular weight excluding hydrogens is 296 g/mol. The Morgan fingerprint density at radius 1 is 1.45 bits per heavy atom. The van der Waals surface area contributed by atoms with Crippen molar-refractivity contribution < 1.29 is 9.53 Å². The van der Waals surface area contributed by atoms with Crippen molar-refractivity contribution >= 4 is 35.0 Å². The number of halogens is 1. The Balaban J connectivity index is 2.29. The number of carbonyl (C=O) groups is 1. The molecule has 0 amide bonds. The highest BCUT2D eigenvalue weighted by molar-refractivity contribution is 7.13. The predicted molar refractivity (Wildman–Crippen MR) is 78.2 cm³/mol. The van der Waals surface area contributed by atoms with E-state index in [4.69, 9.17) is 16.9 Å². The van der Waals surface area contributed by atoms with Crippen LogP contribution in [-0.2, 0) is 9.53 Å². The van der Waals surface area contributed by atoms with Gasteiger partial charge in [0.15, 0.2) is 0 Å². The van der Waals surface area contributed by atoms with E-state index < -0.39 is 5.97 Å². The van der Waals surface area contributed by atoms with Crippen LogP contribution in [0.1, 0.15) is 5.69 Å². The van der Waals surface area contributed by atoms with Gasteiger partial charge in [0.05, 0.1) is 12.8 Å². The molecule has 0 aliphatic heterocycles. The molecule has 20 heavy (non-hydrogen) atoms. The summed E-state index contributed by atoms with van der Waals surface area (Å²) in [4.78, 5) is 15.7. The number of benzene rings is 1. The number of aromatic nitrogens is 1. The molecule has 0 bridgehead atoms. The molecule has 1 heterocycles. The van der Waals surface area contributed by atoms with Crippen molar-refractivity contribution in [1.82, 2.24) is 4.98 Å². The third-order valence-corrected chi connectivity index (χ3v) is 3.59. The van der Waals surface area contributed by atoms with Crippen molar-refractivity contribution in [1.29, 1.82) is 5.26 Å². The number of carbonyl (C=O) groups excluding carboxylic acids is 1. The predicted octanol–water partition coefficient (Wildman–Crippen LogP) is 3.54. The van der Waals surface area contributed by atoms with Gasteiger partial charge in [0.1, 0.15) is 16.6 Å². The first-order valence-electron chi connectivity index (χ1n) is 5.55. The van der Waals surface area contributed by atoms with Crippen LogP contribution in [0.4, 0.5) is 0 Å². The normalized spacial score (nSPS) is 10.9. The number of esters is 1. The minimum absolute atomic E-state index is 0.0829. The molecule has 0 saturated carbocycles. The lowest BCUT2D eigenvalue weighted by Crippen LogP contribution is -2.02. The Morgan fingerprint density at radius 2 is 2.15 bits per heavy atom. The lowest BCUT2D eigenvalue weighted by molar-refractivity contribution is -0.135.